The zero-order chi connectivity index (χ0) is 61.4. The van der Waals surface area contributed by atoms with Crippen molar-refractivity contribution in [2.45, 2.75) is 112 Å². The number of thiazole rings is 3. The van der Waals surface area contributed by atoms with E-state index in [-0.39, 0.29) is 0 Å². The quantitative estimate of drug-likeness (QED) is 0.0480. The fourth-order valence-electron chi connectivity index (χ4n) is 10.9. The molecule has 3 aromatic carbocycles. The maximum Gasteiger partial charge on any atom is 0.227 e. The maximum absolute atomic E-state index is 5.46. The molecule has 0 spiro atoms. The van der Waals surface area contributed by atoms with Crippen molar-refractivity contribution in [3.8, 4) is 32.1 Å². The number of rotatable bonds is 19. The lowest BCUT2D eigenvalue weighted by atomic mass is 9.95. The Morgan fingerprint density at radius 2 is 0.841 bits per heavy atom. The van der Waals surface area contributed by atoms with Gasteiger partial charge in [0.05, 0.1) is 42.9 Å². The molecule has 12 rings (SSSR count). The Morgan fingerprint density at radius 3 is 1.23 bits per heavy atom. The summed E-state index contributed by atoms with van der Waals surface area (Å²) >= 11 is 10.4. The molecule has 1 saturated carbocycles. The first-order chi connectivity index (χ1) is 42.8. The van der Waals surface area contributed by atoms with Crippen LogP contribution in [0.5, 0.6) is 0 Å². The number of morpholine rings is 1. The first-order valence-corrected chi connectivity index (χ1v) is 36.1. The third-order valence-corrected chi connectivity index (χ3v) is 21.6. The molecular formula is C65H80N16OS6. The van der Waals surface area contributed by atoms with E-state index in [0.717, 1.165) is 138 Å². The van der Waals surface area contributed by atoms with Crippen LogP contribution in [0, 0.1) is 41.5 Å². The number of thioether (sulfide) groups is 3. The summed E-state index contributed by atoms with van der Waals surface area (Å²) < 4.78 is 9.23. The van der Waals surface area contributed by atoms with Gasteiger partial charge in [-0.05, 0) is 161 Å². The highest BCUT2D eigenvalue weighted by Crippen LogP contribution is 2.37. The van der Waals surface area contributed by atoms with Gasteiger partial charge >= 0.3 is 0 Å². The van der Waals surface area contributed by atoms with Gasteiger partial charge in [0.25, 0.3) is 0 Å². The van der Waals surface area contributed by atoms with Crippen molar-refractivity contribution in [1.82, 2.24) is 65.3 Å². The predicted octanol–water partition coefficient (Wildman–Crippen LogP) is 14.7. The lowest BCUT2D eigenvalue weighted by molar-refractivity contribution is 0.0334. The molecule has 88 heavy (non-hydrogen) atoms. The number of piperazine rings is 1. The van der Waals surface area contributed by atoms with Crippen LogP contribution in [-0.2, 0) is 24.4 Å². The van der Waals surface area contributed by atoms with Crippen molar-refractivity contribution in [2.24, 2.45) is 0 Å². The number of aryl methyl sites for hydroxylation is 6. The van der Waals surface area contributed by atoms with Crippen LogP contribution in [0.15, 0.2) is 104 Å². The zero-order valence-electron chi connectivity index (χ0n) is 51.8. The van der Waals surface area contributed by atoms with E-state index in [1.165, 1.54) is 78.1 Å². The molecule has 2 aliphatic heterocycles. The summed E-state index contributed by atoms with van der Waals surface area (Å²) in [6.07, 6.45) is 18.3. The summed E-state index contributed by atoms with van der Waals surface area (Å²) in [6.45, 7) is 22.9. The van der Waals surface area contributed by atoms with Gasteiger partial charge in [0, 0.05) is 101 Å². The van der Waals surface area contributed by atoms with Crippen LogP contribution in [0.1, 0.15) is 82.6 Å². The molecule has 3 fully saturated rings. The highest BCUT2D eigenvalue weighted by atomic mass is 32.2. The van der Waals surface area contributed by atoms with Crippen molar-refractivity contribution in [3.05, 3.63) is 142 Å². The number of aromatic nitrogens is 9. The summed E-state index contributed by atoms with van der Waals surface area (Å²) in [7, 11) is 0. The van der Waals surface area contributed by atoms with Crippen LogP contribution in [0.2, 0.25) is 0 Å². The molecule has 462 valence electrons. The Labute approximate surface area is 543 Å². The smallest absolute Gasteiger partial charge is 0.227 e. The minimum atomic E-state index is 0.586. The largest absolute Gasteiger partial charge is 0.379 e. The Bertz CT molecular complexity index is 3500. The third kappa shape index (κ3) is 18.8. The second-order valence-electron chi connectivity index (χ2n) is 22.3. The standard InChI is InChI=1S/C23H29N5S2.C21H26N6S2.C21H25N5OS2/c1-15-11-16(2)13-18(12-15)26-23-24-10-9-19(28-23)21-27-20(22(29-3)30-21)14-25-17-7-5-4-6-8-17;1-14-10-15(2)12-16(11-14)24-21-23-5-4-17(26-21)19-25-18(20(28-3)29-19)13-27-8-6-22-7-9-27;1-14-10-15(2)12-16(11-14)23-21-22-5-4-17(25-21)19-24-18(20(28-3)29-19)13-26-6-8-27-9-7-26/h9-13,17,25H,4-8,14H2,1-3H3,(H,24,26,28);4-5,10-12,22H,6-9,13H2,1-3H3,(H,23,24,26);4-5,10-12H,6-9,13H2,1-3H3,(H,22,23,25). The van der Waals surface area contributed by atoms with Crippen molar-refractivity contribution >= 4 is 104 Å². The number of benzene rings is 3. The molecule has 8 heterocycles. The molecule has 2 saturated heterocycles. The summed E-state index contributed by atoms with van der Waals surface area (Å²) in [5.41, 5.74) is 16.3. The van der Waals surface area contributed by atoms with Crippen molar-refractivity contribution in [1.29, 1.82) is 0 Å². The molecule has 0 unspecified atom stereocenters. The average Bonchev–Trinajstić information content (AvgIpc) is 3.24. The second-order valence-corrected chi connectivity index (χ2v) is 28.5. The number of nitrogens with zero attached hydrogens (tertiary/aromatic N) is 11. The lowest BCUT2D eigenvalue weighted by Gasteiger charge is -2.26. The van der Waals surface area contributed by atoms with E-state index >= 15 is 0 Å². The molecule has 23 heteroatoms. The Hall–Kier alpha value is -5.96. The molecule has 0 radical (unpaired) electrons. The van der Waals surface area contributed by atoms with E-state index in [4.69, 9.17) is 34.6 Å². The molecule has 0 bridgehead atoms. The molecule has 0 atom stereocenters. The van der Waals surface area contributed by atoms with Crippen LogP contribution >= 0.6 is 69.3 Å². The normalized spacial score (nSPS) is 14.8. The molecule has 17 nitrogen and oxygen atoms in total. The molecule has 9 aromatic rings. The third-order valence-electron chi connectivity index (χ3n) is 14.8. The number of hydrogen-bond acceptors (Lipinski definition) is 23. The minimum Gasteiger partial charge on any atom is -0.379 e. The summed E-state index contributed by atoms with van der Waals surface area (Å²) in [5, 5.41) is 19.9. The summed E-state index contributed by atoms with van der Waals surface area (Å²) in [5.74, 6) is 1.78. The van der Waals surface area contributed by atoms with Crippen molar-refractivity contribution in [2.75, 3.05) is 87.2 Å². The van der Waals surface area contributed by atoms with Crippen molar-refractivity contribution < 1.29 is 4.74 Å². The van der Waals surface area contributed by atoms with Crippen LogP contribution in [0.4, 0.5) is 34.9 Å². The highest BCUT2D eigenvalue weighted by Gasteiger charge is 2.22. The summed E-state index contributed by atoms with van der Waals surface area (Å²) in [4.78, 5) is 47.0. The van der Waals surface area contributed by atoms with Gasteiger partial charge in [0.2, 0.25) is 17.8 Å². The van der Waals surface area contributed by atoms with Gasteiger partial charge < -0.3 is 31.3 Å². The van der Waals surface area contributed by atoms with E-state index in [1.54, 1.807) is 87.9 Å². The van der Waals surface area contributed by atoms with Gasteiger partial charge in [-0.3, -0.25) is 9.80 Å². The zero-order valence-corrected chi connectivity index (χ0v) is 56.7. The van der Waals surface area contributed by atoms with Gasteiger partial charge in [-0.2, -0.15) is 0 Å². The Kier molecular flexibility index (Phi) is 23.8. The predicted molar refractivity (Wildman–Crippen MR) is 370 cm³/mol. The topological polar surface area (TPSA) is 192 Å². The molecule has 0 amide bonds. The SMILES string of the molecule is CSc1sc(-c2ccnc(Nc3cc(C)cc(C)c3)n2)nc1CN1CCNCC1.CSc1sc(-c2ccnc(Nc3cc(C)cc(C)c3)n2)nc1CN1CCOCC1.CSc1sc(-c2ccnc(Nc3cc(C)cc(C)c3)n2)nc1CNC1CCCCC1. The minimum absolute atomic E-state index is 0.586. The van der Waals surface area contributed by atoms with Gasteiger partial charge in [-0.25, -0.2) is 44.9 Å². The Balaban J connectivity index is 0.000000146. The van der Waals surface area contributed by atoms with Gasteiger partial charge in [-0.15, -0.1) is 69.3 Å². The fourth-order valence-corrected chi connectivity index (χ4v) is 16.0. The van der Waals surface area contributed by atoms with Gasteiger partial charge in [0.15, 0.2) is 0 Å². The fraction of sp³-hybridized carbons (Fsp3) is 0.400. The summed E-state index contributed by atoms with van der Waals surface area (Å²) in [6, 6.07) is 25.5. The molecule has 5 N–H and O–H groups in total. The molecule has 3 aliphatic rings. The van der Waals surface area contributed by atoms with E-state index in [1.807, 2.05) is 18.2 Å². The van der Waals surface area contributed by atoms with Crippen LogP contribution in [0.3, 0.4) is 0 Å². The maximum atomic E-state index is 5.46. The van der Waals surface area contributed by atoms with Gasteiger partial charge in [-0.1, -0.05) is 37.5 Å². The number of anilines is 6. The van der Waals surface area contributed by atoms with Crippen LogP contribution in [0.25, 0.3) is 32.1 Å². The van der Waals surface area contributed by atoms with Crippen LogP contribution in [-0.4, -0.2) is 132 Å². The number of ether oxygens (including phenoxy) is 1. The van der Waals surface area contributed by atoms with Crippen molar-refractivity contribution in [3.63, 3.8) is 0 Å². The van der Waals surface area contributed by atoms with E-state index in [0.29, 0.717) is 23.9 Å². The monoisotopic (exact) mass is 1290 g/mol. The van der Waals surface area contributed by atoms with Crippen LogP contribution < -0.4 is 26.6 Å². The number of hydrogen-bond donors (Lipinski definition) is 5. The lowest BCUT2D eigenvalue weighted by Crippen LogP contribution is -2.43. The number of nitrogens with one attached hydrogen (secondary N) is 5. The van der Waals surface area contributed by atoms with E-state index < -0.39 is 0 Å². The molecule has 1 aliphatic carbocycles. The first-order valence-electron chi connectivity index (χ1n) is 30.0. The van der Waals surface area contributed by atoms with E-state index in [9.17, 15) is 0 Å². The van der Waals surface area contributed by atoms with Gasteiger partial charge in [0.1, 0.15) is 32.1 Å². The molecular weight excluding hydrogens is 1210 g/mol. The first kappa shape index (κ1) is 65.0. The highest BCUT2D eigenvalue weighted by molar-refractivity contribution is 8.01. The molecule has 6 aromatic heterocycles. The van der Waals surface area contributed by atoms with E-state index in [2.05, 4.69) is 166 Å². The Morgan fingerprint density at radius 1 is 0.477 bits per heavy atom. The second kappa shape index (κ2) is 32.2. The average molecular weight is 1290 g/mol.